The van der Waals surface area contributed by atoms with Gasteiger partial charge >= 0.3 is 0 Å². The third kappa shape index (κ3) is 5.61. The molecule has 4 heterocycles. The minimum Gasteiger partial charge on any atom is -0.464 e. The lowest BCUT2D eigenvalue weighted by molar-refractivity contribution is -0.137. The highest BCUT2D eigenvalue weighted by Gasteiger charge is 2.45. The number of aryl methyl sites for hydroxylation is 2. The summed E-state index contributed by atoms with van der Waals surface area (Å²) in [6.45, 7) is 10.6. The second-order valence-electron chi connectivity index (χ2n) is 11.5. The van der Waals surface area contributed by atoms with Crippen LogP contribution in [0.15, 0.2) is 70.3 Å². The number of rotatable bonds is 10. The highest BCUT2D eigenvalue weighted by molar-refractivity contribution is 6.19. The van der Waals surface area contributed by atoms with Crippen LogP contribution in [0.4, 0.5) is 11.4 Å². The number of pyridine rings is 2. The molecule has 9 nitrogen and oxygen atoms in total. The Labute approximate surface area is 246 Å². The fourth-order valence-electron chi connectivity index (χ4n) is 5.74. The van der Waals surface area contributed by atoms with Crippen LogP contribution in [0.5, 0.6) is 0 Å². The van der Waals surface area contributed by atoms with E-state index in [4.69, 9.17) is 4.42 Å². The third-order valence-electron chi connectivity index (χ3n) is 8.33. The summed E-state index contributed by atoms with van der Waals surface area (Å²) < 4.78 is 7.12. The summed E-state index contributed by atoms with van der Waals surface area (Å²) in [5, 5.41) is 0.588. The van der Waals surface area contributed by atoms with E-state index in [1.165, 1.54) is 0 Å². The minimum atomic E-state index is -1.13. The molecule has 220 valence electrons. The molecule has 5 rings (SSSR count). The zero-order chi connectivity index (χ0) is 30.0. The van der Waals surface area contributed by atoms with Gasteiger partial charge in [0.15, 0.2) is 0 Å². The molecule has 0 bridgehead atoms. The van der Waals surface area contributed by atoms with Crippen molar-refractivity contribution in [1.82, 2.24) is 14.5 Å². The number of amides is 2. The number of nitrogens with zero attached hydrogens (tertiary/aromatic N) is 5. The molecule has 0 N–H and O–H groups in total. The Hall–Kier alpha value is -4.24. The van der Waals surface area contributed by atoms with E-state index in [2.05, 4.69) is 22.0 Å². The van der Waals surface area contributed by atoms with Crippen molar-refractivity contribution in [2.24, 2.45) is 5.41 Å². The first-order chi connectivity index (χ1) is 20.1. The van der Waals surface area contributed by atoms with Crippen LogP contribution in [0.2, 0.25) is 0 Å². The first kappa shape index (κ1) is 29.3. The Bertz CT molecular complexity index is 1670. The van der Waals surface area contributed by atoms with Crippen LogP contribution in [0, 0.1) is 12.3 Å². The topological polar surface area (TPSA) is 91.9 Å². The number of hydrogen-bond acceptors (Lipinski definition) is 6. The molecule has 0 atom stereocenters. The van der Waals surface area contributed by atoms with E-state index in [0.717, 1.165) is 54.1 Å². The molecule has 0 fully saturated rings. The average Bonchev–Trinajstić information content (AvgIpc) is 3.46. The average molecular weight is 570 g/mol. The van der Waals surface area contributed by atoms with Gasteiger partial charge in [0, 0.05) is 51.3 Å². The Morgan fingerprint density at radius 1 is 1.00 bits per heavy atom. The SMILES string of the molecule is CCN1C(=O)C(C)(C)C(=O)N(C)c2cc(CCCN(CCn3ccc4occc4c3=O)Cc3cccnc3C)ccc21. The minimum absolute atomic E-state index is 0.0508. The van der Waals surface area contributed by atoms with Crippen molar-refractivity contribution < 1.29 is 14.0 Å². The molecule has 4 aromatic rings. The quantitative estimate of drug-likeness (QED) is 0.255. The Morgan fingerprint density at radius 3 is 2.57 bits per heavy atom. The van der Waals surface area contributed by atoms with Gasteiger partial charge in [-0.3, -0.25) is 24.3 Å². The van der Waals surface area contributed by atoms with Gasteiger partial charge in [-0.15, -0.1) is 0 Å². The van der Waals surface area contributed by atoms with E-state index in [-0.39, 0.29) is 17.4 Å². The van der Waals surface area contributed by atoms with Crippen molar-refractivity contribution >= 4 is 34.2 Å². The fraction of sp³-hybridized carbons (Fsp3) is 0.394. The van der Waals surface area contributed by atoms with Crippen molar-refractivity contribution in [3.63, 3.8) is 0 Å². The molecule has 0 saturated heterocycles. The molecule has 0 unspecified atom stereocenters. The molecule has 1 aromatic carbocycles. The largest absolute Gasteiger partial charge is 0.464 e. The number of carbonyl (C=O) groups excluding carboxylic acids is 2. The lowest BCUT2D eigenvalue weighted by Gasteiger charge is -2.27. The third-order valence-corrected chi connectivity index (χ3v) is 8.33. The van der Waals surface area contributed by atoms with Crippen LogP contribution in [0.3, 0.4) is 0 Å². The van der Waals surface area contributed by atoms with Crippen molar-refractivity contribution in [2.75, 3.05) is 36.5 Å². The number of furan rings is 1. The van der Waals surface area contributed by atoms with Crippen molar-refractivity contribution in [2.45, 2.75) is 53.6 Å². The van der Waals surface area contributed by atoms with Gasteiger partial charge in [0.2, 0.25) is 11.8 Å². The van der Waals surface area contributed by atoms with E-state index >= 15 is 0 Å². The second-order valence-corrected chi connectivity index (χ2v) is 11.5. The van der Waals surface area contributed by atoms with E-state index in [0.29, 0.717) is 30.6 Å². The summed E-state index contributed by atoms with van der Waals surface area (Å²) in [6.07, 6.45) is 6.83. The fourth-order valence-corrected chi connectivity index (χ4v) is 5.74. The van der Waals surface area contributed by atoms with Crippen molar-refractivity contribution in [3.8, 4) is 0 Å². The summed E-state index contributed by atoms with van der Waals surface area (Å²) in [6, 6.07) is 13.7. The lowest BCUT2D eigenvalue weighted by atomic mass is 9.90. The molecule has 2 amide bonds. The van der Waals surface area contributed by atoms with E-state index in [1.54, 1.807) is 60.0 Å². The first-order valence-electron chi connectivity index (χ1n) is 14.5. The molecule has 0 saturated carbocycles. The molecular weight excluding hydrogens is 530 g/mol. The summed E-state index contributed by atoms with van der Waals surface area (Å²) >= 11 is 0. The van der Waals surface area contributed by atoms with Gasteiger partial charge in [-0.05, 0) is 88.5 Å². The van der Waals surface area contributed by atoms with Crippen LogP contribution in [0.1, 0.15) is 44.0 Å². The Kier molecular flexibility index (Phi) is 8.31. The number of hydrogen-bond donors (Lipinski definition) is 0. The number of carbonyl (C=O) groups is 2. The Balaban J connectivity index is 1.32. The van der Waals surface area contributed by atoms with Crippen LogP contribution in [0.25, 0.3) is 11.0 Å². The predicted octanol–water partition coefficient (Wildman–Crippen LogP) is 4.79. The monoisotopic (exact) mass is 569 g/mol. The van der Waals surface area contributed by atoms with Crippen LogP contribution >= 0.6 is 0 Å². The molecule has 3 aromatic heterocycles. The number of benzene rings is 1. The van der Waals surface area contributed by atoms with Gasteiger partial charge in [-0.2, -0.15) is 0 Å². The van der Waals surface area contributed by atoms with Gasteiger partial charge in [-0.25, -0.2) is 0 Å². The summed E-state index contributed by atoms with van der Waals surface area (Å²) in [7, 11) is 1.75. The van der Waals surface area contributed by atoms with Crippen LogP contribution in [-0.4, -0.2) is 52.9 Å². The van der Waals surface area contributed by atoms with Gasteiger partial charge in [-0.1, -0.05) is 12.1 Å². The smallest absolute Gasteiger partial charge is 0.261 e. The summed E-state index contributed by atoms with van der Waals surface area (Å²) in [5.41, 5.74) is 4.21. The maximum absolute atomic E-state index is 13.2. The molecule has 9 heteroatoms. The van der Waals surface area contributed by atoms with Gasteiger partial charge in [0.05, 0.1) is 23.0 Å². The first-order valence-corrected chi connectivity index (χ1v) is 14.5. The molecule has 0 radical (unpaired) electrons. The van der Waals surface area contributed by atoms with Gasteiger partial charge < -0.3 is 18.8 Å². The molecule has 0 aliphatic carbocycles. The highest BCUT2D eigenvalue weighted by Crippen LogP contribution is 2.38. The number of fused-ring (bicyclic) bond motifs is 2. The van der Waals surface area contributed by atoms with E-state index in [1.807, 2.05) is 38.1 Å². The van der Waals surface area contributed by atoms with Crippen molar-refractivity contribution in [3.05, 3.63) is 88.3 Å². The number of aromatic nitrogens is 2. The zero-order valence-electron chi connectivity index (χ0n) is 25.1. The summed E-state index contributed by atoms with van der Waals surface area (Å²) in [5.74, 6) is -0.385. The predicted molar refractivity (Wildman–Crippen MR) is 165 cm³/mol. The molecule has 0 spiro atoms. The number of anilines is 2. The van der Waals surface area contributed by atoms with Crippen LogP contribution in [-0.2, 0) is 29.1 Å². The Morgan fingerprint density at radius 2 is 1.81 bits per heavy atom. The second kappa shape index (κ2) is 11.9. The normalized spacial score (nSPS) is 15.0. The van der Waals surface area contributed by atoms with Crippen molar-refractivity contribution in [1.29, 1.82) is 0 Å². The standard InChI is InChI=1S/C33H39N5O4/c1-6-38-27-12-11-24(21-28(27)35(5)31(40)33(3,4)32(38)41)9-8-16-36(22-25-10-7-15-34-23(25)2)18-19-37-17-13-29-26(30(37)39)14-20-42-29/h7,10-15,17,20-21H,6,8-9,16,18-19,22H2,1-5H3. The van der Waals surface area contributed by atoms with E-state index in [9.17, 15) is 14.4 Å². The van der Waals surface area contributed by atoms with Gasteiger partial charge in [0.1, 0.15) is 11.0 Å². The van der Waals surface area contributed by atoms with Crippen LogP contribution < -0.4 is 15.4 Å². The highest BCUT2D eigenvalue weighted by atomic mass is 16.3. The summed E-state index contributed by atoms with van der Waals surface area (Å²) in [4.78, 5) is 49.5. The zero-order valence-corrected chi connectivity index (χ0v) is 25.1. The molecule has 42 heavy (non-hydrogen) atoms. The van der Waals surface area contributed by atoms with Gasteiger partial charge in [0.25, 0.3) is 5.56 Å². The van der Waals surface area contributed by atoms with E-state index < -0.39 is 5.41 Å². The maximum Gasteiger partial charge on any atom is 0.261 e. The lowest BCUT2D eigenvalue weighted by Crippen LogP contribution is -2.47. The molecule has 1 aliphatic rings. The molecular formula is C33H39N5O4. The molecule has 1 aliphatic heterocycles. The maximum atomic E-state index is 13.2.